The Kier molecular flexibility index (Phi) is 3.03. The average molecular weight is 270 g/mol. The maximum Gasteiger partial charge on any atom is 0.144 e. The third kappa shape index (κ3) is 1.98. The molecule has 0 atom stereocenters. The zero-order chi connectivity index (χ0) is 14.3. The molecule has 0 radical (unpaired) electrons. The first-order chi connectivity index (χ1) is 9.60. The molecule has 20 heavy (non-hydrogen) atoms. The Bertz CT molecular complexity index is 769. The second-order valence-corrected chi connectivity index (χ2v) is 4.99. The molecule has 2 aromatic heterocycles. The van der Waals surface area contributed by atoms with E-state index in [0.29, 0.717) is 0 Å². The number of benzene rings is 1. The lowest BCUT2D eigenvalue weighted by atomic mass is 9.95. The summed E-state index contributed by atoms with van der Waals surface area (Å²) in [4.78, 5) is 4.36. The molecule has 102 valence electrons. The first kappa shape index (κ1) is 12.8. The van der Waals surface area contributed by atoms with Crippen molar-refractivity contribution in [2.45, 2.75) is 20.5 Å². The fourth-order valence-corrected chi connectivity index (χ4v) is 2.70. The lowest BCUT2D eigenvalue weighted by molar-refractivity contribution is 0.281. The standard InChI is InChI=1S/C16H15FN2O/c1-10-5-13(17)6-11(2)15(10)14-7-12(9-20)8-19-4-3-18-16(14)19/h3-8,20H,9H2,1-2H3. The molecule has 0 bridgehead atoms. The van der Waals surface area contributed by atoms with Crippen molar-refractivity contribution in [1.29, 1.82) is 0 Å². The second-order valence-electron chi connectivity index (χ2n) is 4.99. The number of aliphatic hydroxyl groups is 1. The summed E-state index contributed by atoms with van der Waals surface area (Å²) < 4.78 is 15.3. The van der Waals surface area contributed by atoms with Crippen LogP contribution in [-0.2, 0) is 6.61 Å². The van der Waals surface area contributed by atoms with Gasteiger partial charge in [0.2, 0.25) is 0 Å². The smallest absolute Gasteiger partial charge is 0.144 e. The molecule has 3 aromatic rings. The molecule has 3 rings (SSSR count). The summed E-state index contributed by atoms with van der Waals surface area (Å²) in [6, 6.07) is 4.95. The van der Waals surface area contributed by atoms with Crippen molar-refractivity contribution in [1.82, 2.24) is 9.38 Å². The van der Waals surface area contributed by atoms with Crippen LogP contribution >= 0.6 is 0 Å². The van der Waals surface area contributed by atoms with E-state index in [1.165, 1.54) is 12.1 Å². The van der Waals surface area contributed by atoms with Gasteiger partial charge < -0.3 is 9.51 Å². The second kappa shape index (κ2) is 4.72. The van der Waals surface area contributed by atoms with Gasteiger partial charge in [-0.2, -0.15) is 0 Å². The van der Waals surface area contributed by atoms with Crippen LogP contribution in [0.25, 0.3) is 16.8 Å². The van der Waals surface area contributed by atoms with E-state index in [1.807, 2.05) is 36.7 Å². The lowest BCUT2D eigenvalue weighted by Crippen LogP contribution is -1.97. The van der Waals surface area contributed by atoms with Crippen molar-refractivity contribution in [3.8, 4) is 11.1 Å². The first-order valence-corrected chi connectivity index (χ1v) is 6.43. The summed E-state index contributed by atoms with van der Waals surface area (Å²) in [7, 11) is 0. The highest BCUT2D eigenvalue weighted by molar-refractivity contribution is 5.82. The number of nitrogens with zero attached hydrogens (tertiary/aromatic N) is 2. The van der Waals surface area contributed by atoms with Crippen molar-refractivity contribution in [3.63, 3.8) is 0 Å². The van der Waals surface area contributed by atoms with Crippen molar-refractivity contribution >= 4 is 5.65 Å². The van der Waals surface area contributed by atoms with E-state index in [-0.39, 0.29) is 12.4 Å². The normalized spacial score (nSPS) is 11.2. The largest absolute Gasteiger partial charge is 0.392 e. The minimum absolute atomic E-state index is 0.0413. The number of imidazole rings is 1. The summed E-state index contributed by atoms with van der Waals surface area (Å²) in [6.45, 7) is 3.73. The van der Waals surface area contributed by atoms with Crippen LogP contribution in [0.3, 0.4) is 0 Å². The van der Waals surface area contributed by atoms with Gasteiger partial charge >= 0.3 is 0 Å². The van der Waals surface area contributed by atoms with Crippen LogP contribution in [-0.4, -0.2) is 14.5 Å². The number of halogens is 1. The number of pyridine rings is 1. The molecule has 0 unspecified atom stereocenters. The molecule has 0 aliphatic carbocycles. The Hall–Kier alpha value is -2.20. The molecule has 3 nitrogen and oxygen atoms in total. The molecule has 0 amide bonds. The van der Waals surface area contributed by atoms with Gasteiger partial charge in [-0.05, 0) is 54.3 Å². The summed E-state index contributed by atoms with van der Waals surface area (Å²) in [5.74, 6) is -0.235. The van der Waals surface area contributed by atoms with E-state index in [9.17, 15) is 9.50 Å². The van der Waals surface area contributed by atoms with Crippen LogP contribution in [0.2, 0.25) is 0 Å². The number of rotatable bonds is 2. The van der Waals surface area contributed by atoms with E-state index in [0.717, 1.165) is 33.5 Å². The molecule has 0 saturated carbocycles. The molecule has 2 heterocycles. The highest BCUT2D eigenvalue weighted by Gasteiger charge is 2.13. The number of fused-ring (bicyclic) bond motifs is 1. The molecule has 1 N–H and O–H groups in total. The predicted molar refractivity (Wildman–Crippen MR) is 76.0 cm³/mol. The Balaban J connectivity index is 2.37. The Labute approximate surface area is 116 Å². The number of aromatic nitrogens is 2. The van der Waals surface area contributed by atoms with E-state index < -0.39 is 0 Å². The molecular weight excluding hydrogens is 255 g/mol. The summed E-state index contributed by atoms with van der Waals surface area (Å²) in [5, 5.41) is 9.39. The monoisotopic (exact) mass is 270 g/mol. The molecule has 1 aromatic carbocycles. The fraction of sp³-hybridized carbons (Fsp3) is 0.188. The van der Waals surface area contributed by atoms with Crippen LogP contribution in [0, 0.1) is 19.7 Å². The lowest BCUT2D eigenvalue weighted by Gasteiger charge is -2.13. The summed E-state index contributed by atoms with van der Waals surface area (Å²) in [5.41, 5.74) is 5.22. The zero-order valence-electron chi connectivity index (χ0n) is 11.4. The van der Waals surface area contributed by atoms with Crippen LogP contribution < -0.4 is 0 Å². The minimum Gasteiger partial charge on any atom is -0.392 e. The van der Waals surface area contributed by atoms with Crippen molar-refractivity contribution in [3.05, 3.63) is 59.3 Å². The Morgan fingerprint density at radius 3 is 2.55 bits per heavy atom. The molecular formula is C16H15FN2O. The van der Waals surface area contributed by atoms with E-state index in [4.69, 9.17) is 0 Å². The third-order valence-electron chi connectivity index (χ3n) is 3.49. The molecule has 0 aliphatic heterocycles. The van der Waals surface area contributed by atoms with Crippen molar-refractivity contribution in [2.75, 3.05) is 0 Å². The highest BCUT2D eigenvalue weighted by Crippen LogP contribution is 2.31. The van der Waals surface area contributed by atoms with Crippen LogP contribution in [0.5, 0.6) is 0 Å². The molecule has 0 saturated heterocycles. The van der Waals surface area contributed by atoms with Gasteiger partial charge in [0, 0.05) is 24.2 Å². The van der Waals surface area contributed by atoms with Crippen LogP contribution in [0.4, 0.5) is 4.39 Å². The number of hydrogen-bond acceptors (Lipinski definition) is 2. The van der Waals surface area contributed by atoms with Gasteiger partial charge in [-0.15, -0.1) is 0 Å². The van der Waals surface area contributed by atoms with Crippen molar-refractivity contribution < 1.29 is 9.50 Å². The minimum atomic E-state index is -0.235. The Morgan fingerprint density at radius 1 is 1.20 bits per heavy atom. The number of hydrogen-bond donors (Lipinski definition) is 1. The van der Waals surface area contributed by atoms with E-state index in [1.54, 1.807) is 6.20 Å². The third-order valence-corrected chi connectivity index (χ3v) is 3.49. The average Bonchev–Trinajstić information content (AvgIpc) is 2.85. The van der Waals surface area contributed by atoms with Gasteiger partial charge in [-0.25, -0.2) is 9.37 Å². The summed E-state index contributed by atoms with van der Waals surface area (Å²) >= 11 is 0. The van der Waals surface area contributed by atoms with Gasteiger partial charge in [0.15, 0.2) is 0 Å². The quantitative estimate of drug-likeness (QED) is 0.776. The highest BCUT2D eigenvalue weighted by atomic mass is 19.1. The maximum absolute atomic E-state index is 13.5. The Morgan fingerprint density at radius 2 is 1.90 bits per heavy atom. The molecule has 0 fully saturated rings. The van der Waals surface area contributed by atoms with E-state index >= 15 is 0 Å². The maximum atomic E-state index is 13.5. The van der Waals surface area contributed by atoms with Gasteiger partial charge in [-0.1, -0.05) is 0 Å². The molecule has 0 aliphatic rings. The number of aryl methyl sites for hydroxylation is 2. The summed E-state index contributed by atoms with van der Waals surface area (Å²) in [6.07, 6.45) is 5.40. The topological polar surface area (TPSA) is 37.5 Å². The van der Waals surface area contributed by atoms with Crippen LogP contribution in [0.1, 0.15) is 16.7 Å². The van der Waals surface area contributed by atoms with Gasteiger partial charge in [-0.3, -0.25) is 0 Å². The van der Waals surface area contributed by atoms with Gasteiger partial charge in [0.1, 0.15) is 11.5 Å². The SMILES string of the molecule is Cc1cc(F)cc(C)c1-c1cc(CO)cn2ccnc12. The van der Waals surface area contributed by atoms with E-state index in [2.05, 4.69) is 4.98 Å². The number of aliphatic hydroxyl groups excluding tert-OH is 1. The first-order valence-electron chi connectivity index (χ1n) is 6.43. The fourth-order valence-electron chi connectivity index (χ4n) is 2.70. The molecule has 4 heteroatoms. The molecule has 0 spiro atoms. The van der Waals surface area contributed by atoms with Gasteiger partial charge in [0.25, 0.3) is 0 Å². The zero-order valence-corrected chi connectivity index (χ0v) is 11.4. The van der Waals surface area contributed by atoms with Gasteiger partial charge in [0.05, 0.1) is 6.61 Å². The predicted octanol–water partition coefficient (Wildman–Crippen LogP) is 3.25. The van der Waals surface area contributed by atoms with Crippen molar-refractivity contribution in [2.24, 2.45) is 0 Å². The van der Waals surface area contributed by atoms with Crippen LogP contribution in [0.15, 0.2) is 36.8 Å².